The van der Waals surface area contributed by atoms with Crippen molar-refractivity contribution >= 4 is 24.1 Å². The summed E-state index contributed by atoms with van der Waals surface area (Å²) in [6, 6.07) is 8.96. The van der Waals surface area contributed by atoms with Gasteiger partial charge in [0.1, 0.15) is 19.8 Å². The molecule has 0 spiro atoms. The minimum atomic E-state index is -1.11. The van der Waals surface area contributed by atoms with Crippen LogP contribution in [0.3, 0.4) is 0 Å². The molecule has 1 aromatic carbocycles. The van der Waals surface area contributed by atoms with Crippen LogP contribution in [0.5, 0.6) is 0 Å². The van der Waals surface area contributed by atoms with Crippen molar-refractivity contribution < 1.29 is 33.8 Å². The van der Waals surface area contributed by atoms with E-state index >= 15 is 0 Å². The molecule has 1 aromatic rings. The maximum atomic E-state index is 12.5. The third-order valence-corrected chi connectivity index (χ3v) is 5.12. The van der Waals surface area contributed by atoms with E-state index in [-0.39, 0.29) is 38.6 Å². The first-order valence-corrected chi connectivity index (χ1v) is 10.9. The molecule has 10 heteroatoms. The van der Waals surface area contributed by atoms with Gasteiger partial charge in [-0.2, -0.15) is 0 Å². The number of carbonyl (C=O) groups excluding carboxylic acids is 3. The van der Waals surface area contributed by atoms with Crippen LogP contribution in [0.2, 0.25) is 0 Å². The van der Waals surface area contributed by atoms with Crippen LogP contribution in [0.25, 0.3) is 0 Å². The largest absolute Gasteiger partial charge is 0.480 e. The summed E-state index contributed by atoms with van der Waals surface area (Å²) in [5.74, 6) is -1.42. The Bertz CT molecular complexity index is 816. The molecule has 2 N–H and O–H groups in total. The first kappa shape index (κ1) is 25.7. The Morgan fingerprint density at radius 1 is 1.18 bits per heavy atom. The molecule has 1 saturated heterocycles. The molecule has 0 aromatic heterocycles. The van der Waals surface area contributed by atoms with Crippen LogP contribution >= 0.6 is 0 Å². The molecule has 1 aliphatic rings. The quantitative estimate of drug-likeness (QED) is 0.383. The molecule has 180 valence electrons. The van der Waals surface area contributed by atoms with Crippen LogP contribution in [0, 0.1) is 0 Å². The van der Waals surface area contributed by atoms with Crippen LogP contribution in [0.4, 0.5) is 9.59 Å². The van der Waals surface area contributed by atoms with E-state index in [9.17, 15) is 19.2 Å². The first-order chi connectivity index (χ1) is 15.9. The number of hydrogen-bond acceptors (Lipinski definition) is 6. The number of aliphatic carboxylic acids is 1. The molecular formula is C23H31N3O7. The number of unbranched alkanes of at least 4 members (excludes halogenated alkanes) is 1. The number of hydrogen-bond donors (Lipinski definition) is 2. The molecule has 33 heavy (non-hydrogen) atoms. The summed E-state index contributed by atoms with van der Waals surface area (Å²) in [6.07, 6.45) is 2.20. The van der Waals surface area contributed by atoms with Crippen molar-refractivity contribution in [3.8, 4) is 0 Å². The standard InChI is InChI=1S/C23H31N3O7/c1-2-14-32-23(31)26-13-11-20(27)25(16-21(28)29)15-19(26)10-6-7-12-24-22(30)33-17-18-8-4-3-5-9-18/h2-5,8-9,19H,1,6-7,10-17H2,(H,24,30)(H,28,29)/t19-/m1/s1. The molecule has 1 atom stereocenters. The molecule has 1 heterocycles. The monoisotopic (exact) mass is 461 g/mol. The van der Waals surface area contributed by atoms with Gasteiger partial charge in [-0.1, -0.05) is 43.0 Å². The summed E-state index contributed by atoms with van der Waals surface area (Å²) >= 11 is 0. The van der Waals surface area contributed by atoms with Gasteiger partial charge in [-0.05, 0) is 24.8 Å². The normalized spacial score (nSPS) is 16.0. The van der Waals surface area contributed by atoms with E-state index < -0.39 is 30.7 Å². The van der Waals surface area contributed by atoms with Gasteiger partial charge in [0.25, 0.3) is 0 Å². The zero-order valence-corrected chi connectivity index (χ0v) is 18.6. The number of carbonyl (C=O) groups is 4. The first-order valence-electron chi connectivity index (χ1n) is 10.9. The fraction of sp³-hybridized carbons (Fsp3) is 0.478. The molecule has 0 unspecified atom stereocenters. The summed E-state index contributed by atoms with van der Waals surface area (Å²) < 4.78 is 10.3. The van der Waals surface area contributed by atoms with Crippen LogP contribution in [-0.4, -0.2) is 77.8 Å². The number of nitrogens with zero attached hydrogens (tertiary/aromatic N) is 2. The van der Waals surface area contributed by atoms with Gasteiger partial charge in [0.05, 0.1) is 6.04 Å². The minimum absolute atomic E-state index is 0.0295. The molecule has 0 saturated carbocycles. The Labute approximate surface area is 193 Å². The highest BCUT2D eigenvalue weighted by Crippen LogP contribution is 2.18. The Morgan fingerprint density at radius 3 is 2.64 bits per heavy atom. The van der Waals surface area contributed by atoms with Crippen molar-refractivity contribution in [3.63, 3.8) is 0 Å². The van der Waals surface area contributed by atoms with Crippen molar-refractivity contribution in [2.45, 2.75) is 38.3 Å². The summed E-state index contributed by atoms with van der Waals surface area (Å²) in [7, 11) is 0. The smallest absolute Gasteiger partial charge is 0.410 e. The zero-order valence-electron chi connectivity index (χ0n) is 18.6. The average Bonchev–Trinajstić information content (AvgIpc) is 2.95. The van der Waals surface area contributed by atoms with Crippen molar-refractivity contribution in [1.29, 1.82) is 0 Å². The maximum Gasteiger partial charge on any atom is 0.410 e. The fourth-order valence-corrected chi connectivity index (χ4v) is 3.50. The van der Waals surface area contributed by atoms with E-state index in [4.69, 9.17) is 14.6 Å². The van der Waals surface area contributed by atoms with Crippen LogP contribution in [0.15, 0.2) is 43.0 Å². The highest BCUT2D eigenvalue weighted by atomic mass is 16.6. The van der Waals surface area contributed by atoms with Gasteiger partial charge in [-0.3, -0.25) is 9.59 Å². The molecule has 0 radical (unpaired) electrons. The lowest BCUT2D eigenvalue weighted by molar-refractivity contribution is -0.144. The van der Waals surface area contributed by atoms with E-state index in [1.807, 2.05) is 30.3 Å². The molecule has 0 bridgehead atoms. The summed E-state index contributed by atoms with van der Waals surface area (Å²) in [5, 5.41) is 11.8. The number of rotatable bonds is 11. The Balaban J connectivity index is 1.82. The number of carboxylic acid groups (broad SMARTS) is 1. The number of amides is 3. The fourth-order valence-electron chi connectivity index (χ4n) is 3.50. The van der Waals surface area contributed by atoms with E-state index in [1.54, 1.807) is 0 Å². The van der Waals surface area contributed by atoms with Crippen molar-refractivity contribution in [2.75, 3.05) is 32.8 Å². The van der Waals surface area contributed by atoms with E-state index in [2.05, 4.69) is 11.9 Å². The van der Waals surface area contributed by atoms with Gasteiger partial charge in [0.15, 0.2) is 0 Å². The molecule has 10 nitrogen and oxygen atoms in total. The highest BCUT2D eigenvalue weighted by molar-refractivity contribution is 5.82. The van der Waals surface area contributed by atoms with Gasteiger partial charge < -0.3 is 29.7 Å². The average molecular weight is 462 g/mol. The SMILES string of the molecule is C=CCOC(=O)N1CCC(=O)N(CC(=O)O)C[C@H]1CCCCNC(=O)OCc1ccccc1. The molecule has 1 fully saturated rings. The lowest BCUT2D eigenvalue weighted by atomic mass is 10.1. The Morgan fingerprint density at radius 2 is 1.94 bits per heavy atom. The van der Waals surface area contributed by atoms with Crippen molar-refractivity contribution in [1.82, 2.24) is 15.1 Å². The second-order valence-electron chi connectivity index (χ2n) is 7.62. The van der Waals surface area contributed by atoms with E-state index in [0.29, 0.717) is 25.8 Å². The second kappa shape index (κ2) is 13.8. The van der Waals surface area contributed by atoms with Crippen molar-refractivity contribution in [3.05, 3.63) is 48.6 Å². The number of alkyl carbamates (subject to hydrolysis) is 1. The van der Waals surface area contributed by atoms with Gasteiger partial charge >= 0.3 is 18.2 Å². The van der Waals surface area contributed by atoms with Gasteiger partial charge in [0.2, 0.25) is 5.91 Å². The lowest BCUT2D eigenvalue weighted by Crippen LogP contribution is -2.46. The summed E-state index contributed by atoms with van der Waals surface area (Å²) in [4.78, 5) is 50.5. The predicted octanol–water partition coefficient (Wildman–Crippen LogP) is 2.39. The molecule has 1 aliphatic heterocycles. The minimum Gasteiger partial charge on any atom is -0.480 e. The van der Waals surface area contributed by atoms with Crippen LogP contribution in [0.1, 0.15) is 31.2 Å². The van der Waals surface area contributed by atoms with Crippen LogP contribution in [-0.2, 0) is 25.7 Å². The van der Waals surface area contributed by atoms with Gasteiger partial charge in [-0.25, -0.2) is 9.59 Å². The number of ether oxygens (including phenoxy) is 2. The van der Waals surface area contributed by atoms with Gasteiger partial charge in [0, 0.05) is 26.1 Å². The number of nitrogens with one attached hydrogen (secondary N) is 1. The molecule has 3 amide bonds. The lowest BCUT2D eigenvalue weighted by Gasteiger charge is -2.30. The van der Waals surface area contributed by atoms with Gasteiger partial charge in [-0.15, -0.1) is 0 Å². The third kappa shape index (κ3) is 9.22. The maximum absolute atomic E-state index is 12.5. The molecule has 2 rings (SSSR count). The summed E-state index contributed by atoms with van der Waals surface area (Å²) in [6.45, 7) is 3.98. The van der Waals surface area contributed by atoms with Crippen LogP contribution < -0.4 is 5.32 Å². The molecule has 0 aliphatic carbocycles. The predicted molar refractivity (Wildman–Crippen MR) is 119 cm³/mol. The Kier molecular flexibility index (Phi) is 10.7. The Hall–Kier alpha value is -3.56. The summed E-state index contributed by atoms with van der Waals surface area (Å²) in [5.41, 5.74) is 0.893. The van der Waals surface area contributed by atoms with E-state index in [0.717, 1.165) is 5.56 Å². The third-order valence-electron chi connectivity index (χ3n) is 5.12. The highest BCUT2D eigenvalue weighted by Gasteiger charge is 2.33. The number of carboxylic acids is 1. The molecular weight excluding hydrogens is 430 g/mol. The topological polar surface area (TPSA) is 125 Å². The second-order valence-corrected chi connectivity index (χ2v) is 7.62. The van der Waals surface area contributed by atoms with E-state index in [1.165, 1.54) is 15.9 Å². The van der Waals surface area contributed by atoms with Crippen molar-refractivity contribution in [2.24, 2.45) is 0 Å². The zero-order chi connectivity index (χ0) is 24.1. The number of benzene rings is 1.